The second-order valence-electron chi connectivity index (χ2n) is 16.2. The molecule has 0 saturated heterocycles. The summed E-state index contributed by atoms with van der Waals surface area (Å²) in [5, 5.41) is 32.8. The average Bonchev–Trinajstić information content (AvgIpc) is 3.25. The highest BCUT2D eigenvalue weighted by molar-refractivity contribution is 5.48. The van der Waals surface area contributed by atoms with Crippen LogP contribution in [0.15, 0.2) is 72.8 Å². The van der Waals surface area contributed by atoms with Crippen LogP contribution in [0.1, 0.15) is 154 Å². The molecule has 57 heavy (non-hydrogen) atoms. The molecule has 0 spiro atoms. The molecule has 3 fully saturated rings. The van der Waals surface area contributed by atoms with Gasteiger partial charge in [0.05, 0.1) is 38.1 Å². The standard InChI is InChI=1S/C16H25NO3.C16H25NO.C16H24O2.CH4/c17-8-7-16(19)13-4-2-6-15(10-13)20-11-12-3-1-5-14(18)9-12;1-2-11-17-15-9-6-10-16(12-15)18-13-14-7-4-3-5-8-14;1-2-16(17)14-9-6-10-15(11-14)18-12-13-7-4-3-5-8-13;/h2,4,6,10,12,14,16,18-19H,1,3,5,7-9,11,17H2;6,9-10,12,14,17H,2-5,7-8,11,13H2,1H3;6,9-11,13,16-17H,2-5,7-8,12H2,1H3;1H4/t12-,14+,16-;;;/m1.../s1. The largest absolute Gasteiger partial charge is 0.493 e. The normalized spacial score (nSPS) is 19.6. The smallest absolute Gasteiger partial charge is 0.121 e. The zero-order valence-electron chi connectivity index (χ0n) is 34.6. The van der Waals surface area contributed by atoms with E-state index in [1.165, 1.54) is 64.2 Å². The number of nitrogens with two attached hydrogens (primary N) is 1. The maximum Gasteiger partial charge on any atom is 0.121 e. The summed E-state index contributed by atoms with van der Waals surface area (Å²) < 4.78 is 17.6. The lowest BCUT2D eigenvalue weighted by atomic mass is 9.88. The van der Waals surface area contributed by atoms with Gasteiger partial charge in [-0.3, -0.25) is 0 Å². The lowest BCUT2D eigenvalue weighted by Crippen LogP contribution is -2.24. The van der Waals surface area contributed by atoms with E-state index in [4.69, 9.17) is 19.9 Å². The van der Waals surface area contributed by atoms with Crippen molar-refractivity contribution in [3.63, 3.8) is 0 Å². The number of aliphatic hydroxyl groups is 3. The Kier molecular flexibility index (Phi) is 23.8. The van der Waals surface area contributed by atoms with Crippen molar-refractivity contribution in [2.24, 2.45) is 23.5 Å². The van der Waals surface area contributed by atoms with Crippen LogP contribution in [0, 0.1) is 17.8 Å². The molecular weight excluding hydrogens is 713 g/mol. The molecule has 0 bridgehead atoms. The minimum Gasteiger partial charge on any atom is -0.493 e. The highest BCUT2D eigenvalue weighted by atomic mass is 16.5. The van der Waals surface area contributed by atoms with Crippen LogP contribution in [0.4, 0.5) is 5.69 Å². The van der Waals surface area contributed by atoms with E-state index >= 15 is 0 Å². The first kappa shape index (κ1) is 48.1. The third kappa shape index (κ3) is 18.9. The SMILES string of the molecule is C.CCC(O)c1cccc(OCC2CCCCC2)c1.CCCNc1cccc(OCC2CCCCC2)c1.NCC[C@@H](O)c1cccc(OC[C@@H]2CCC[C@H](O)C2)c1. The van der Waals surface area contributed by atoms with Gasteiger partial charge in [0.25, 0.3) is 0 Å². The van der Waals surface area contributed by atoms with E-state index in [0.717, 1.165) is 104 Å². The first-order valence-corrected chi connectivity index (χ1v) is 22.0. The highest BCUT2D eigenvalue weighted by Gasteiger charge is 2.21. The monoisotopic (exact) mass is 791 g/mol. The van der Waals surface area contributed by atoms with Crippen LogP contribution in [0.3, 0.4) is 0 Å². The van der Waals surface area contributed by atoms with Crippen molar-refractivity contribution < 1.29 is 29.5 Å². The van der Waals surface area contributed by atoms with E-state index in [9.17, 15) is 15.3 Å². The Morgan fingerprint density at radius 2 is 1.12 bits per heavy atom. The molecule has 320 valence electrons. The number of ether oxygens (including phenoxy) is 3. The number of hydrogen-bond donors (Lipinski definition) is 5. The lowest BCUT2D eigenvalue weighted by molar-refractivity contribution is 0.0809. The van der Waals surface area contributed by atoms with Gasteiger partial charge in [-0.15, -0.1) is 0 Å². The molecule has 3 saturated carbocycles. The van der Waals surface area contributed by atoms with Crippen LogP contribution < -0.4 is 25.3 Å². The summed E-state index contributed by atoms with van der Waals surface area (Å²) in [5.74, 6) is 4.59. The fourth-order valence-electron chi connectivity index (χ4n) is 7.91. The lowest BCUT2D eigenvalue weighted by Gasteiger charge is -2.25. The van der Waals surface area contributed by atoms with Crippen LogP contribution in [-0.4, -0.2) is 54.3 Å². The van der Waals surface area contributed by atoms with Crippen molar-refractivity contribution in [1.29, 1.82) is 0 Å². The molecule has 0 heterocycles. The van der Waals surface area contributed by atoms with Gasteiger partial charge >= 0.3 is 0 Å². The molecule has 0 aromatic heterocycles. The third-order valence-corrected chi connectivity index (χ3v) is 11.4. The molecule has 0 amide bonds. The van der Waals surface area contributed by atoms with E-state index in [0.29, 0.717) is 25.5 Å². The zero-order chi connectivity index (χ0) is 39.8. The third-order valence-electron chi connectivity index (χ3n) is 11.4. The minimum absolute atomic E-state index is 0. The first-order chi connectivity index (χ1) is 27.4. The van der Waals surface area contributed by atoms with E-state index in [-0.39, 0.29) is 19.6 Å². The quantitative estimate of drug-likeness (QED) is 0.0915. The first-order valence-electron chi connectivity index (χ1n) is 22.0. The Morgan fingerprint density at radius 3 is 1.63 bits per heavy atom. The van der Waals surface area contributed by atoms with Crippen molar-refractivity contribution in [3.05, 3.63) is 83.9 Å². The Bertz CT molecular complexity index is 1460. The van der Waals surface area contributed by atoms with Crippen molar-refractivity contribution in [1.82, 2.24) is 0 Å². The number of aliphatic hydroxyl groups excluding tert-OH is 3. The van der Waals surface area contributed by atoms with Gasteiger partial charge in [0.2, 0.25) is 0 Å². The molecule has 4 atom stereocenters. The van der Waals surface area contributed by atoms with Crippen LogP contribution in [-0.2, 0) is 0 Å². The fourth-order valence-corrected chi connectivity index (χ4v) is 7.91. The van der Waals surface area contributed by atoms with E-state index < -0.39 is 6.10 Å². The van der Waals surface area contributed by atoms with Gasteiger partial charge < -0.3 is 40.6 Å². The second-order valence-corrected chi connectivity index (χ2v) is 16.2. The summed E-state index contributed by atoms with van der Waals surface area (Å²) in [7, 11) is 0. The van der Waals surface area contributed by atoms with Crippen LogP contribution in [0.5, 0.6) is 17.2 Å². The molecule has 6 rings (SSSR count). The van der Waals surface area contributed by atoms with Gasteiger partial charge in [-0.1, -0.05) is 96.6 Å². The Labute approximate surface area is 345 Å². The molecule has 3 aromatic carbocycles. The summed E-state index contributed by atoms with van der Waals surface area (Å²) in [6, 6.07) is 23.8. The number of hydrogen-bond acceptors (Lipinski definition) is 8. The van der Waals surface area contributed by atoms with Gasteiger partial charge in [-0.05, 0) is 136 Å². The summed E-state index contributed by atoms with van der Waals surface area (Å²) in [6.45, 7) is 7.99. The molecule has 0 aliphatic heterocycles. The highest BCUT2D eigenvalue weighted by Crippen LogP contribution is 2.29. The van der Waals surface area contributed by atoms with Gasteiger partial charge in [0.15, 0.2) is 0 Å². The van der Waals surface area contributed by atoms with Crippen molar-refractivity contribution in [2.45, 2.75) is 149 Å². The topological polar surface area (TPSA) is 126 Å². The fraction of sp³-hybridized carbons (Fsp3) is 0.633. The van der Waals surface area contributed by atoms with E-state index in [2.05, 4.69) is 36.5 Å². The van der Waals surface area contributed by atoms with Crippen LogP contribution >= 0.6 is 0 Å². The average molecular weight is 791 g/mol. The van der Waals surface area contributed by atoms with Crippen LogP contribution in [0.2, 0.25) is 0 Å². The number of anilines is 1. The van der Waals surface area contributed by atoms with Gasteiger partial charge in [0, 0.05) is 18.3 Å². The van der Waals surface area contributed by atoms with Crippen molar-refractivity contribution in [2.75, 3.05) is 38.2 Å². The van der Waals surface area contributed by atoms with Crippen LogP contribution in [0.25, 0.3) is 0 Å². The maximum atomic E-state index is 9.93. The van der Waals surface area contributed by atoms with Crippen molar-refractivity contribution >= 4 is 5.69 Å². The molecular formula is C49H78N2O6. The predicted octanol–water partition coefficient (Wildman–Crippen LogP) is 11.2. The summed E-state index contributed by atoms with van der Waals surface area (Å²) >= 11 is 0. The predicted molar refractivity (Wildman–Crippen MR) is 236 cm³/mol. The number of rotatable bonds is 17. The Morgan fingerprint density at radius 1 is 0.632 bits per heavy atom. The second kappa shape index (κ2) is 28.2. The molecule has 3 aliphatic carbocycles. The van der Waals surface area contributed by atoms with Gasteiger partial charge in [-0.2, -0.15) is 0 Å². The zero-order valence-corrected chi connectivity index (χ0v) is 34.6. The molecule has 3 aliphatic rings. The molecule has 1 unspecified atom stereocenters. The molecule has 3 aromatic rings. The maximum absolute atomic E-state index is 9.93. The Hall–Kier alpha value is -3.30. The molecule has 8 nitrogen and oxygen atoms in total. The van der Waals surface area contributed by atoms with E-state index in [1.807, 2.05) is 55.5 Å². The summed E-state index contributed by atoms with van der Waals surface area (Å²) in [6.07, 6.45) is 18.8. The Balaban J connectivity index is 0.000000227. The van der Waals surface area contributed by atoms with Gasteiger partial charge in [-0.25, -0.2) is 0 Å². The molecule has 8 heteroatoms. The number of nitrogens with one attached hydrogen (secondary N) is 1. The number of benzene rings is 3. The molecule has 0 radical (unpaired) electrons. The van der Waals surface area contributed by atoms with Gasteiger partial charge in [0.1, 0.15) is 17.2 Å². The summed E-state index contributed by atoms with van der Waals surface area (Å²) in [4.78, 5) is 0. The van der Waals surface area contributed by atoms with E-state index in [1.54, 1.807) is 0 Å². The molecule has 6 N–H and O–H groups in total. The minimum atomic E-state index is -0.528. The van der Waals surface area contributed by atoms with Crippen molar-refractivity contribution in [3.8, 4) is 17.2 Å². The summed E-state index contributed by atoms with van der Waals surface area (Å²) in [5.41, 5.74) is 8.43.